The Kier molecular flexibility index (Phi) is 5.72. The fourth-order valence-electron chi connectivity index (χ4n) is 4.34. The topological polar surface area (TPSA) is 90.8 Å². The Hall–Kier alpha value is -4.29. The van der Waals surface area contributed by atoms with E-state index in [0.29, 0.717) is 16.6 Å². The van der Waals surface area contributed by atoms with E-state index < -0.39 is 35.3 Å². The molecule has 1 amide bonds. The third kappa shape index (κ3) is 4.09. The van der Waals surface area contributed by atoms with Crippen LogP contribution in [0.25, 0.3) is 28.0 Å². The number of likely N-dealkylation sites (tertiary alicyclic amines) is 1. The van der Waals surface area contributed by atoms with Crippen LogP contribution >= 0.6 is 0 Å². The maximum Gasteiger partial charge on any atom is 0.433 e. The second-order valence-electron chi connectivity index (χ2n) is 8.99. The van der Waals surface area contributed by atoms with Crippen molar-refractivity contribution in [2.24, 2.45) is 0 Å². The van der Waals surface area contributed by atoms with Crippen LogP contribution in [0.4, 0.5) is 17.6 Å². The number of carbonyl (C=O) groups excluding carboxylic acids is 1. The largest absolute Gasteiger partial charge is 0.433 e. The van der Waals surface area contributed by atoms with Crippen LogP contribution in [0.5, 0.6) is 0 Å². The van der Waals surface area contributed by atoms with Gasteiger partial charge in [0.1, 0.15) is 5.69 Å². The molecule has 0 spiro atoms. The Balaban J connectivity index is 1.69. The summed E-state index contributed by atoms with van der Waals surface area (Å²) >= 11 is 0. The first-order valence-electron chi connectivity index (χ1n) is 11.3. The quantitative estimate of drug-likeness (QED) is 0.297. The van der Waals surface area contributed by atoms with Crippen LogP contribution in [0, 0.1) is 0 Å². The Morgan fingerprint density at radius 1 is 1.14 bits per heavy atom. The minimum absolute atomic E-state index is 0.0473. The number of imidazole rings is 1. The molecule has 1 saturated heterocycles. The summed E-state index contributed by atoms with van der Waals surface area (Å²) in [7, 11) is 0. The SMILES string of the molecule is C=C(F)C(=O)N1CC(n2c(=O)n(-c3ccc(C(F)(F)F)nc3)c3nccc(-c4cnn(C(C)C)c4)c32)C1. The van der Waals surface area contributed by atoms with E-state index in [1.165, 1.54) is 20.2 Å². The van der Waals surface area contributed by atoms with Crippen LogP contribution in [0.3, 0.4) is 0 Å². The lowest BCUT2D eigenvalue weighted by molar-refractivity contribution is -0.141. The first kappa shape index (κ1) is 24.4. The molecular formula is C24H21F4N7O2. The highest BCUT2D eigenvalue weighted by Crippen LogP contribution is 2.33. The summed E-state index contributed by atoms with van der Waals surface area (Å²) in [6.45, 7) is 7.04. The van der Waals surface area contributed by atoms with E-state index in [0.717, 1.165) is 18.3 Å². The summed E-state index contributed by atoms with van der Waals surface area (Å²) in [6.07, 6.45) is 1.27. The van der Waals surface area contributed by atoms with Crippen molar-refractivity contribution in [3.05, 3.63) is 71.6 Å². The zero-order valence-electron chi connectivity index (χ0n) is 19.8. The molecule has 192 valence electrons. The highest BCUT2D eigenvalue weighted by Gasteiger charge is 2.37. The number of hydrogen-bond acceptors (Lipinski definition) is 5. The molecule has 4 aromatic heterocycles. The smallest absolute Gasteiger partial charge is 0.332 e. The minimum Gasteiger partial charge on any atom is -0.332 e. The summed E-state index contributed by atoms with van der Waals surface area (Å²) in [5.74, 6) is -1.97. The molecule has 5 rings (SSSR count). The van der Waals surface area contributed by atoms with Gasteiger partial charge in [-0.1, -0.05) is 6.58 Å². The zero-order chi connectivity index (χ0) is 26.6. The minimum atomic E-state index is -4.64. The zero-order valence-corrected chi connectivity index (χ0v) is 19.8. The number of carbonyl (C=O) groups is 1. The summed E-state index contributed by atoms with van der Waals surface area (Å²) in [5, 5.41) is 4.36. The van der Waals surface area contributed by atoms with E-state index in [9.17, 15) is 27.2 Å². The maximum atomic E-state index is 13.7. The van der Waals surface area contributed by atoms with Gasteiger partial charge in [-0.05, 0) is 32.0 Å². The lowest BCUT2D eigenvalue weighted by atomic mass is 10.1. The molecule has 9 nitrogen and oxygen atoms in total. The Labute approximate surface area is 207 Å². The predicted octanol–water partition coefficient (Wildman–Crippen LogP) is 3.91. The molecule has 0 bridgehead atoms. The number of alkyl halides is 3. The standard InChI is InChI=1S/C24H21F4N7O2/c1-13(2)33-10-15(8-31-33)18-6-7-29-21-20(18)34(17-11-32(12-17)22(36)14(3)25)23(37)35(21)16-4-5-19(30-9-16)24(26,27)28/h4-10,13,17H,3,11-12H2,1-2H3. The van der Waals surface area contributed by atoms with Gasteiger partial charge in [-0.3, -0.25) is 14.0 Å². The lowest BCUT2D eigenvalue weighted by Gasteiger charge is -2.39. The number of rotatable bonds is 5. The van der Waals surface area contributed by atoms with Gasteiger partial charge < -0.3 is 4.90 Å². The molecule has 0 atom stereocenters. The molecule has 0 aliphatic carbocycles. The average molecular weight is 515 g/mol. The van der Waals surface area contributed by atoms with Crippen molar-refractivity contribution < 1.29 is 22.4 Å². The van der Waals surface area contributed by atoms with E-state index in [-0.39, 0.29) is 30.5 Å². The Bertz CT molecular complexity index is 1580. The average Bonchev–Trinajstić information content (AvgIpc) is 3.41. The van der Waals surface area contributed by atoms with Gasteiger partial charge in [0, 0.05) is 42.7 Å². The molecule has 13 heteroatoms. The van der Waals surface area contributed by atoms with Crippen molar-refractivity contribution in [3.8, 4) is 16.8 Å². The summed E-state index contributed by atoms with van der Waals surface area (Å²) in [4.78, 5) is 34.8. The van der Waals surface area contributed by atoms with Crippen LogP contribution in [0.1, 0.15) is 31.6 Å². The molecule has 5 heterocycles. The van der Waals surface area contributed by atoms with Gasteiger partial charge in [0.25, 0.3) is 5.91 Å². The van der Waals surface area contributed by atoms with E-state index in [1.54, 1.807) is 16.9 Å². The van der Waals surface area contributed by atoms with Crippen molar-refractivity contribution in [1.82, 2.24) is 33.8 Å². The highest BCUT2D eigenvalue weighted by molar-refractivity contribution is 5.92. The van der Waals surface area contributed by atoms with Crippen LogP contribution in [-0.2, 0) is 11.0 Å². The van der Waals surface area contributed by atoms with Crippen molar-refractivity contribution in [2.45, 2.75) is 32.1 Å². The third-order valence-electron chi connectivity index (χ3n) is 6.24. The molecule has 37 heavy (non-hydrogen) atoms. The molecule has 0 unspecified atom stereocenters. The Morgan fingerprint density at radius 2 is 1.86 bits per heavy atom. The third-order valence-corrected chi connectivity index (χ3v) is 6.24. The van der Waals surface area contributed by atoms with Crippen molar-refractivity contribution in [1.29, 1.82) is 0 Å². The van der Waals surface area contributed by atoms with Gasteiger partial charge in [-0.25, -0.2) is 23.7 Å². The molecule has 1 aliphatic heterocycles. The van der Waals surface area contributed by atoms with E-state index in [2.05, 4.69) is 21.6 Å². The number of aromatic nitrogens is 6. The van der Waals surface area contributed by atoms with Gasteiger partial charge in [-0.2, -0.15) is 18.3 Å². The van der Waals surface area contributed by atoms with Gasteiger partial charge in [0.05, 0.1) is 29.6 Å². The van der Waals surface area contributed by atoms with Gasteiger partial charge in [0.2, 0.25) is 0 Å². The Morgan fingerprint density at radius 3 is 2.43 bits per heavy atom. The number of hydrogen-bond donors (Lipinski definition) is 0. The molecular weight excluding hydrogens is 494 g/mol. The number of halogens is 4. The van der Waals surface area contributed by atoms with Gasteiger partial charge in [0.15, 0.2) is 11.5 Å². The fraction of sp³-hybridized carbons (Fsp3) is 0.292. The van der Waals surface area contributed by atoms with Crippen LogP contribution < -0.4 is 5.69 Å². The number of nitrogens with zero attached hydrogens (tertiary/aromatic N) is 7. The molecule has 0 aromatic carbocycles. The van der Waals surface area contributed by atoms with Crippen molar-refractivity contribution in [3.63, 3.8) is 0 Å². The second-order valence-corrected chi connectivity index (χ2v) is 8.99. The highest BCUT2D eigenvalue weighted by atomic mass is 19.4. The number of amides is 1. The monoisotopic (exact) mass is 515 g/mol. The summed E-state index contributed by atoms with van der Waals surface area (Å²) < 4.78 is 56.9. The van der Waals surface area contributed by atoms with E-state index in [1.807, 2.05) is 20.0 Å². The van der Waals surface area contributed by atoms with E-state index in [4.69, 9.17) is 0 Å². The van der Waals surface area contributed by atoms with Gasteiger partial charge in [-0.15, -0.1) is 0 Å². The first-order valence-corrected chi connectivity index (χ1v) is 11.3. The van der Waals surface area contributed by atoms with Crippen LogP contribution in [-0.4, -0.2) is 52.8 Å². The van der Waals surface area contributed by atoms with Crippen molar-refractivity contribution >= 4 is 17.1 Å². The molecule has 1 aliphatic rings. The fourth-order valence-corrected chi connectivity index (χ4v) is 4.34. The molecule has 1 fully saturated rings. The number of pyridine rings is 2. The molecule has 0 N–H and O–H groups in total. The molecule has 4 aromatic rings. The summed E-state index contributed by atoms with van der Waals surface area (Å²) in [6, 6.07) is 3.20. The number of fused-ring (bicyclic) bond motifs is 1. The van der Waals surface area contributed by atoms with Crippen molar-refractivity contribution in [2.75, 3.05) is 13.1 Å². The molecule has 0 radical (unpaired) electrons. The first-order chi connectivity index (χ1) is 17.5. The van der Waals surface area contributed by atoms with Gasteiger partial charge >= 0.3 is 11.9 Å². The van der Waals surface area contributed by atoms with E-state index >= 15 is 0 Å². The molecule has 0 saturated carbocycles. The predicted molar refractivity (Wildman–Crippen MR) is 126 cm³/mol. The second kappa shape index (κ2) is 8.68. The van der Waals surface area contributed by atoms with Crippen LogP contribution in [0.15, 0.2) is 60.2 Å². The normalized spacial score (nSPS) is 14.4. The maximum absolute atomic E-state index is 13.7. The van der Waals surface area contributed by atoms with Crippen LogP contribution in [0.2, 0.25) is 0 Å². The lowest BCUT2D eigenvalue weighted by Crippen LogP contribution is -2.52. The summed E-state index contributed by atoms with van der Waals surface area (Å²) in [5.41, 5.74) is 0.335.